The molecular formula is C33H36BrN3O3S. The van der Waals surface area contributed by atoms with Crippen LogP contribution in [-0.4, -0.2) is 42.2 Å². The van der Waals surface area contributed by atoms with Crippen molar-refractivity contribution in [2.24, 2.45) is 4.99 Å². The highest BCUT2D eigenvalue weighted by atomic mass is 79.9. The minimum atomic E-state index is -0.0502. The van der Waals surface area contributed by atoms with Crippen LogP contribution in [0.1, 0.15) is 49.8 Å². The van der Waals surface area contributed by atoms with Crippen molar-refractivity contribution in [2.75, 3.05) is 31.1 Å². The van der Waals surface area contributed by atoms with Gasteiger partial charge in [0.25, 0.3) is 5.91 Å². The second kappa shape index (κ2) is 13.6. The molecule has 0 aromatic heterocycles. The number of rotatable bonds is 9. The summed E-state index contributed by atoms with van der Waals surface area (Å²) in [5.41, 5.74) is 5.20. The van der Waals surface area contributed by atoms with Crippen molar-refractivity contribution in [1.82, 2.24) is 4.90 Å². The lowest BCUT2D eigenvalue weighted by atomic mass is 10.1. The number of carbonyl (C=O) groups is 1. The molecular weight excluding hydrogens is 598 g/mol. The van der Waals surface area contributed by atoms with Crippen molar-refractivity contribution >= 4 is 56.2 Å². The van der Waals surface area contributed by atoms with Crippen LogP contribution in [-0.2, 0) is 11.4 Å². The van der Waals surface area contributed by atoms with Gasteiger partial charge in [-0.15, -0.1) is 0 Å². The summed E-state index contributed by atoms with van der Waals surface area (Å²) in [5, 5.41) is 0.689. The molecule has 0 spiro atoms. The lowest BCUT2D eigenvalue weighted by Crippen LogP contribution is -2.29. The van der Waals surface area contributed by atoms with Gasteiger partial charge < -0.3 is 14.4 Å². The van der Waals surface area contributed by atoms with Gasteiger partial charge in [0.2, 0.25) is 0 Å². The van der Waals surface area contributed by atoms with E-state index in [2.05, 4.69) is 52.0 Å². The normalized spacial score (nSPS) is 17.5. The summed E-state index contributed by atoms with van der Waals surface area (Å²) < 4.78 is 12.9. The van der Waals surface area contributed by atoms with Crippen LogP contribution in [0.5, 0.6) is 11.5 Å². The average molecular weight is 635 g/mol. The average Bonchev–Trinajstić information content (AvgIpc) is 3.27. The second-order valence-electron chi connectivity index (χ2n) is 10.1. The molecule has 0 unspecified atom stereocenters. The Balaban J connectivity index is 1.36. The van der Waals surface area contributed by atoms with Crippen LogP contribution in [0.25, 0.3) is 6.08 Å². The minimum absolute atomic E-state index is 0.0502. The van der Waals surface area contributed by atoms with Crippen molar-refractivity contribution in [3.63, 3.8) is 0 Å². The van der Waals surface area contributed by atoms with Gasteiger partial charge in [0, 0.05) is 29.8 Å². The predicted octanol–water partition coefficient (Wildman–Crippen LogP) is 8.35. The molecule has 0 aliphatic carbocycles. The van der Waals surface area contributed by atoms with Crippen LogP contribution in [0, 0.1) is 6.92 Å². The Hall–Kier alpha value is -3.23. The molecule has 0 saturated carbocycles. The fourth-order valence-corrected chi connectivity index (χ4v) is 6.51. The number of thioether (sulfide) groups is 1. The van der Waals surface area contributed by atoms with Gasteiger partial charge in [-0.25, -0.2) is 4.99 Å². The maximum absolute atomic E-state index is 13.4. The van der Waals surface area contributed by atoms with E-state index in [4.69, 9.17) is 14.5 Å². The number of hydrogen-bond donors (Lipinski definition) is 0. The number of likely N-dealkylation sites (N-methyl/N-ethyl adjacent to an activating group) is 1. The fourth-order valence-electron chi connectivity index (χ4n) is 5.02. The third-order valence-corrected chi connectivity index (χ3v) is 8.82. The molecule has 1 amide bonds. The Morgan fingerprint density at radius 3 is 2.44 bits per heavy atom. The first-order chi connectivity index (χ1) is 19.9. The van der Waals surface area contributed by atoms with Gasteiger partial charge in [0.15, 0.2) is 16.7 Å². The zero-order valence-electron chi connectivity index (χ0n) is 23.9. The number of piperidine rings is 1. The Labute approximate surface area is 255 Å². The molecule has 0 atom stereocenters. The molecule has 2 aliphatic heterocycles. The van der Waals surface area contributed by atoms with Gasteiger partial charge in [-0.3, -0.25) is 9.69 Å². The van der Waals surface area contributed by atoms with Gasteiger partial charge >= 0.3 is 0 Å². The molecule has 2 fully saturated rings. The van der Waals surface area contributed by atoms with E-state index >= 15 is 0 Å². The molecule has 214 valence electrons. The molecule has 0 bridgehead atoms. The summed E-state index contributed by atoms with van der Waals surface area (Å²) in [7, 11) is 0. The third kappa shape index (κ3) is 7.16. The van der Waals surface area contributed by atoms with Gasteiger partial charge in [0.05, 0.1) is 17.2 Å². The van der Waals surface area contributed by atoms with Gasteiger partial charge in [-0.05, 0) is 105 Å². The van der Waals surface area contributed by atoms with Crippen molar-refractivity contribution in [3.8, 4) is 11.5 Å². The molecule has 2 heterocycles. The third-order valence-electron chi connectivity index (χ3n) is 7.13. The number of amides is 1. The first-order valence-electron chi connectivity index (χ1n) is 14.2. The van der Waals surface area contributed by atoms with E-state index in [1.807, 2.05) is 56.3 Å². The monoisotopic (exact) mass is 633 g/mol. The highest BCUT2D eigenvalue weighted by molar-refractivity contribution is 9.10. The first-order valence-corrected chi connectivity index (χ1v) is 15.9. The number of hydrogen-bond acceptors (Lipinski definition) is 6. The van der Waals surface area contributed by atoms with Crippen molar-refractivity contribution in [3.05, 3.63) is 86.7 Å². The van der Waals surface area contributed by atoms with E-state index in [9.17, 15) is 4.79 Å². The maximum Gasteiger partial charge on any atom is 0.266 e. The highest BCUT2D eigenvalue weighted by Crippen LogP contribution is 2.39. The molecule has 0 radical (unpaired) electrons. The summed E-state index contributed by atoms with van der Waals surface area (Å²) in [6, 6.07) is 20.4. The number of aryl methyl sites for hydroxylation is 1. The van der Waals surface area contributed by atoms with Crippen molar-refractivity contribution < 1.29 is 14.3 Å². The van der Waals surface area contributed by atoms with E-state index in [0.717, 1.165) is 34.4 Å². The van der Waals surface area contributed by atoms with Crippen LogP contribution in [0.4, 0.5) is 11.4 Å². The summed E-state index contributed by atoms with van der Waals surface area (Å²) in [6.45, 7) is 9.69. The number of halogens is 1. The van der Waals surface area contributed by atoms with Gasteiger partial charge in [-0.1, -0.05) is 45.8 Å². The molecule has 2 saturated heterocycles. The van der Waals surface area contributed by atoms with Crippen LogP contribution in [0.3, 0.4) is 0 Å². The van der Waals surface area contributed by atoms with Crippen LogP contribution < -0.4 is 14.4 Å². The Kier molecular flexibility index (Phi) is 9.72. The molecule has 0 N–H and O–H groups in total. The Morgan fingerprint density at radius 1 is 0.976 bits per heavy atom. The summed E-state index contributed by atoms with van der Waals surface area (Å²) >= 11 is 5.09. The summed E-state index contributed by atoms with van der Waals surface area (Å²) in [5.74, 6) is 1.24. The minimum Gasteiger partial charge on any atom is -0.490 e. The number of ether oxygens (including phenoxy) is 2. The molecule has 6 nitrogen and oxygen atoms in total. The predicted molar refractivity (Wildman–Crippen MR) is 173 cm³/mol. The zero-order chi connectivity index (χ0) is 28.8. The van der Waals surface area contributed by atoms with Crippen molar-refractivity contribution in [2.45, 2.75) is 46.6 Å². The number of benzene rings is 3. The SMILES string of the molecule is CCOc1cc(/C=C2\SC(=Nc3ccc(N4CCCCC4)cc3)N(CC)C2=O)c(Br)cc1OCc1cccc(C)c1. The largest absolute Gasteiger partial charge is 0.490 e. The zero-order valence-corrected chi connectivity index (χ0v) is 26.3. The topological polar surface area (TPSA) is 54.4 Å². The molecule has 41 heavy (non-hydrogen) atoms. The van der Waals surface area contributed by atoms with E-state index < -0.39 is 0 Å². The Bertz CT molecular complexity index is 1450. The highest BCUT2D eigenvalue weighted by Gasteiger charge is 2.32. The lowest BCUT2D eigenvalue weighted by Gasteiger charge is -2.28. The molecule has 3 aromatic carbocycles. The molecule has 5 rings (SSSR count). The number of amidine groups is 1. The van der Waals surface area contributed by atoms with E-state index in [-0.39, 0.29) is 5.91 Å². The summed E-state index contributed by atoms with van der Waals surface area (Å²) in [4.78, 5) is 23.0. The number of nitrogens with zero attached hydrogens (tertiary/aromatic N) is 3. The molecule has 3 aromatic rings. The van der Waals surface area contributed by atoms with E-state index in [0.29, 0.717) is 41.3 Å². The maximum atomic E-state index is 13.4. The lowest BCUT2D eigenvalue weighted by molar-refractivity contribution is -0.122. The fraction of sp³-hybridized carbons (Fsp3) is 0.333. The standard InChI is InChI=1S/C33H36BrN3O3S/c1-4-37-32(38)31(41-33(37)35-26-12-14-27(15-13-26)36-16-7-6-8-17-36)20-25-19-29(39-5-2)30(21-28(25)34)40-22-24-11-9-10-23(3)18-24/h9-15,18-21H,4-8,16-17,22H2,1-3H3/b31-20-,35-33?. The van der Waals surface area contributed by atoms with E-state index in [1.165, 1.54) is 42.3 Å². The number of carbonyl (C=O) groups excluding carboxylic acids is 1. The Morgan fingerprint density at radius 2 is 1.73 bits per heavy atom. The van der Waals surface area contributed by atoms with Crippen LogP contribution in [0.15, 0.2) is 75.0 Å². The number of aliphatic imine (C=N–C) groups is 1. The first kappa shape index (κ1) is 29.3. The van der Waals surface area contributed by atoms with Gasteiger partial charge in [-0.2, -0.15) is 0 Å². The van der Waals surface area contributed by atoms with Crippen LogP contribution in [0.2, 0.25) is 0 Å². The van der Waals surface area contributed by atoms with E-state index in [1.54, 1.807) is 4.90 Å². The quantitative estimate of drug-likeness (QED) is 0.222. The smallest absolute Gasteiger partial charge is 0.266 e. The molecule has 8 heteroatoms. The molecule has 2 aliphatic rings. The van der Waals surface area contributed by atoms with Gasteiger partial charge in [0.1, 0.15) is 6.61 Å². The van der Waals surface area contributed by atoms with Crippen LogP contribution >= 0.6 is 27.7 Å². The van der Waals surface area contributed by atoms with Crippen molar-refractivity contribution in [1.29, 1.82) is 0 Å². The number of anilines is 1. The summed E-state index contributed by atoms with van der Waals surface area (Å²) in [6.07, 6.45) is 5.70. The second-order valence-corrected chi connectivity index (χ2v) is 12.0.